The number of pyridine rings is 1. The first-order valence-electron chi connectivity index (χ1n) is 11.6. The third-order valence-electron chi connectivity index (χ3n) is 6.57. The molecule has 0 saturated carbocycles. The molecular formula is C24H29Cl2F3N4O3S. The van der Waals surface area contributed by atoms with Crippen LogP contribution < -0.4 is 5.32 Å². The van der Waals surface area contributed by atoms with Crippen LogP contribution in [0.15, 0.2) is 36.5 Å². The van der Waals surface area contributed by atoms with Crippen molar-refractivity contribution in [2.45, 2.75) is 37.9 Å². The van der Waals surface area contributed by atoms with Crippen molar-refractivity contribution >= 4 is 39.1 Å². The average Bonchev–Trinajstić information content (AvgIpc) is 3.08. The maximum atomic E-state index is 13.5. The van der Waals surface area contributed by atoms with E-state index in [4.69, 9.17) is 23.2 Å². The third kappa shape index (κ3) is 7.79. The number of benzene rings is 1. The molecule has 0 aliphatic carbocycles. The van der Waals surface area contributed by atoms with Gasteiger partial charge in [-0.25, -0.2) is 12.7 Å². The lowest BCUT2D eigenvalue weighted by Crippen LogP contribution is -2.44. The molecule has 1 unspecified atom stereocenters. The van der Waals surface area contributed by atoms with E-state index >= 15 is 0 Å². The largest absolute Gasteiger partial charge is 0.433 e. The summed E-state index contributed by atoms with van der Waals surface area (Å²) >= 11 is 12.3. The number of rotatable bonds is 8. The highest BCUT2D eigenvalue weighted by atomic mass is 35.5. The van der Waals surface area contributed by atoms with Gasteiger partial charge in [-0.3, -0.25) is 9.78 Å². The molecule has 1 N–H and O–H groups in total. The molecule has 1 aliphatic heterocycles. The molecule has 0 bridgehead atoms. The van der Waals surface area contributed by atoms with Gasteiger partial charge < -0.3 is 10.2 Å². The van der Waals surface area contributed by atoms with Crippen LogP contribution in [0.5, 0.6) is 0 Å². The van der Waals surface area contributed by atoms with Gasteiger partial charge in [0.05, 0.1) is 21.7 Å². The maximum absolute atomic E-state index is 13.5. The van der Waals surface area contributed by atoms with E-state index in [0.29, 0.717) is 66.7 Å². The third-order valence-corrected chi connectivity index (χ3v) is 8.61. The molecular weight excluding hydrogens is 552 g/mol. The van der Waals surface area contributed by atoms with Crippen molar-refractivity contribution in [3.63, 3.8) is 0 Å². The number of carbonyl (C=O) groups excluding carboxylic acids is 1. The summed E-state index contributed by atoms with van der Waals surface area (Å²) in [5, 5.41) is 3.45. The second-order valence-corrected chi connectivity index (χ2v) is 12.1. The summed E-state index contributed by atoms with van der Waals surface area (Å²) < 4.78 is 63.7. The van der Waals surface area contributed by atoms with E-state index in [9.17, 15) is 26.4 Å². The molecule has 1 fully saturated rings. The highest BCUT2D eigenvalue weighted by Crippen LogP contribution is 2.33. The Hall–Kier alpha value is -1.92. The SMILES string of the molecule is CC(CCN1CCCN(S(C)(=O)=O)CC1)(C(=O)NCc1ccc(C(F)(F)F)nc1)c1ccc(Cl)c(Cl)c1. The summed E-state index contributed by atoms with van der Waals surface area (Å²) in [6.07, 6.45) is -1.20. The maximum Gasteiger partial charge on any atom is 0.433 e. The summed E-state index contributed by atoms with van der Waals surface area (Å²) in [6, 6.07) is 7.12. The lowest BCUT2D eigenvalue weighted by Gasteiger charge is -2.32. The Balaban J connectivity index is 1.75. The zero-order chi connectivity index (χ0) is 27.4. The van der Waals surface area contributed by atoms with Crippen LogP contribution in [0.2, 0.25) is 10.0 Å². The lowest BCUT2D eigenvalue weighted by atomic mass is 9.78. The van der Waals surface area contributed by atoms with Gasteiger partial charge in [0, 0.05) is 32.4 Å². The molecule has 3 rings (SSSR count). The quantitative estimate of drug-likeness (QED) is 0.502. The van der Waals surface area contributed by atoms with E-state index in [1.54, 1.807) is 25.1 Å². The van der Waals surface area contributed by atoms with Gasteiger partial charge in [0.2, 0.25) is 15.9 Å². The topological polar surface area (TPSA) is 82.6 Å². The summed E-state index contributed by atoms with van der Waals surface area (Å²) in [5.41, 5.74) is -0.991. The van der Waals surface area contributed by atoms with Crippen molar-refractivity contribution in [3.8, 4) is 0 Å². The first-order valence-corrected chi connectivity index (χ1v) is 14.2. The number of nitrogens with one attached hydrogen (secondary N) is 1. The fourth-order valence-electron chi connectivity index (χ4n) is 4.19. The van der Waals surface area contributed by atoms with Gasteiger partial charge >= 0.3 is 6.18 Å². The standard InChI is InChI=1S/C24H29Cl2F3N4O3S/c1-23(18-5-6-19(25)20(26)14-18,8-11-32-9-3-10-33(13-12-32)37(2,35)36)22(34)31-16-17-4-7-21(30-15-17)24(27,28)29/h4-7,14-15H,3,8-13,16H2,1-2H3,(H,31,34). The van der Waals surface area contributed by atoms with E-state index in [2.05, 4.69) is 15.2 Å². The molecule has 7 nitrogen and oxygen atoms in total. The fourth-order valence-corrected chi connectivity index (χ4v) is 5.36. The first-order chi connectivity index (χ1) is 17.2. The highest BCUT2D eigenvalue weighted by Gasteiger charge is 2.36. The van der Waals surface area contributed by atoms with Crippen LogP contribution in [0, 0.1) is 0 Å². The number of alkyl halides is 3. The molecule has 13 heteroatoms. The van der Waals surface area contributed by atoms with Gasteiger partial charge in [-0.2, -0.15) is 13.2 Å². The van der Waals surface area contributed by atoms with Gasteiger partial charge in [0.1, 0.15) is 5.69 Å². The lowest BCUT2D eigenvalue weighted by molar-refractivity contribution is -0.141. The van der Waals surface area contributed by atoms with Gasteiger partial charge in [0.15, 0.2) is 0 Å². The predicted octanol–water partition coefficient (Wildman–Crippen LogP) is 4.34. The first kappa shape index (κ1) is 29.6. The summed E-state index contributed by atoms with van der Waals surface area (Å²) in [5.74, 6) is -0.335. The molecule has 1 amide bonds. The summed E-state index contributed by atoms with van der Waals surface area (Å²) in [4.78, 5) is 19.0. The van der Waals surface area contributed by atoms with E-state index in [1.165, 1.54) is 16.6 Å². The van der Waals surface area contributed by atoms with Gasteiger partial charge in [-0.15, -0.1) is 0 Å². The molecule has 1 aromatic heterocycles. The molecule has 0 radical (unpaired) electrons. The number of aromatic nitrogens is 1. The van der Waals surface area contributed by atoms with E-state index < -0.39 is 27.3 Å². The minimum Gasteiger partial charge on any atom is -0.351 e. The molecule has 2 aromatic rings. The highest BCUT2D eigenvalue weighted by molar-refractivity contribution is 7.88. The Morgan fingerprint density at radius 1 is 1.08 bits per heavy atom. The van der Waals surface area contributed by atoms with Crippen LogP contribution in [-0.4, -0.2) is 67.5 Å². The van der Waals surface area contributed by atoms with Crippen molar-refractivity contribution in [3.05, 3.63) is 63.4 Å². The van der Waals surface area contributed by atoms with Crippen LogP contribution in [0.1, 0.15) is 36.6 Å². The Morgan fingerprint density at radius 3 is 2.41 bits per heavy atom. The second kappa shape index (κ2) is 11.9. The number of hydrogen-bond donors (Lipinski definition) is 1. The molecule has 1 saturated heterocycles. The smallest absolute Gasteiger partial charge is 0.351 e. The number of hydrogen-bond acceptors (Lipinski definition) is 5. The normalized spacial score (nSPS) is 17.7. The summed E-state index contributed by atoms with van der Waals surface area (Å²) in [7, 11) is -3.28. The second-order valence-electron chi connectivity index (χ2n) is 9.30. The molecule has 204 valence electrons. The Morgan fingerprint density at radius 2 is 1.81 bits per heavy atom. The van der Waals surface area contributed by atoms with Crippen molar-refractivity contribution in [2.24, 2.45) is 0 Å². The average molecular weight is 581 g/mol. The molecule has 2 heterocycles. The van der Waals surface area contributed by atoms with E-state index in [0.717, 1.165) is 12.3 Å². The Kier molecular flexibility index (Phi) is 9.50. The zero-order valence-electron chi connectivity index (χ0n) is 20.5. The van der Waals surface area contributed by atoms with Crippen molar-refractivity contribution in [1.29, 1.82) is 0 Å². The van der Waals surface area contributed by atoms with Crippen molar-refractivity contribution < 1.29 is 26.4 Å². The van der Waals surface area contributed by atoms with Crippen LogP contribution in [0.3, 0.4) is 0 Å². The van der Waals surface area contributed by atoms with Gasteiger partial charge in [-0.1, -0.05) is 35.3 Å². The number of sulfonamides is 1. The van der Waals surface area contributed by atoms with E-state index in [-0.39, 0.29) is 12.5 Å². The van der Waals surface area contributed by atoms with Crippen LogP contribution in [-0.2, 0) is 33.0 Å². The molecule has 1 aromatic carbocycles. The van der Waals surface area contributed by atoms with Gasteiger partial charge in [-0.05, 0) is 62.2 Å². The van der Waals surface area contributed by atoms with Crippen molar-refractivity contribution in [1.82, 2.24) is 19.5 Å². The fraction of sp³-hybridized carbons (Fsp3) is 0.500. The molecule has 0 spiro atoms. The summed E-state index contributed by atoms with van der Waals surface area (Å²) in [6.45, 7) is 4.31. The number of halogens is 5. The van der Waals surface area contributed by atoms with Crippen LogP contribution in [0.25, 0.3) is 0 Å². The molecule has 37 heavy (non-hydrogen) atoms. The minimum absolute atomic E-state index is 0.00604. The van der Waals surface area contributed by atoms with Crippen molar-refractivity contribution in [2.75, 3.05) is 39.0 Å². The minimum atomic E-state index is -4.54. The predicted molar refractivity (Wildman–Crippen MR) is 137 cm³/mol. The monoisotopic (exact) mass is 580 g/mol. The Bertz CT molecular complexity index is 1210. The molecule has 1 atom stereocenters. The van der Waals surface area contributed by atoms with E-state index in [1.807, 2.05) is 0 Å². The number of amides is 1. The Labute approximate surface area is 225 Å². The van der Waals surface area contributed by atoms with Crippen LogP contribution >= 0.6 is 23.2 Å². The number of nitrogens with zero attached hydrogens (tertiary/aromatic N) is 3. The number of carbonyl (C=O) groups is 1. The zero-order valence-corrected chi connectivity index (χ0v) is 22.8. The molecule has 1 aliphatic rings. The van der Waals surface area contributed by atoms with Crippen LogP contribution in [0.4, 0.5) is 13.2 Å². The van der Waals surface area contributed by atoms with Gasteiger partial charge in [0.25, 0.3) is 0 Å².